The number of hydrogen-bond donors (Lipinski definition) is 2. The second-order valence-corrected chi connectivity index (χ2v) is 6.06. The molecule has 0 saturated carbocycles. The normalized spacial score (nSPS) is 13.0. The number of imidazole rings is 1. The van der Waals surface area contributed by atoms with E-state index in [0.29, 0.717) is 5.69 Å². The third-order valence-corrected chi connectivity index (χ3v) is 3.09. The van der Waals surface area contributed by atoms with Crippen LogP contribution in [0.15, 0.2) is 31.0 Å². The lowest BCUT2D eigenvalue weighted by molar-refractivity contribution is -0.125. The van der Waals surface area contributed by atoms with Gasteiger partial charge in [-0.3, -0.25) is 9.78 Å². The van der Waals surface area contributed by atoms with Crippen molar-refractivity contribution in [1.29, 1.82) is 0 Å². The molecule has 21 heavy (non-hydrogen) atoms. The predicted octanol–water partition coefficient (Wildman–Crippen LogP) is 2.00. The molecule has 0 spiro atoms. The molecule has 112 valence electrons. The smallest absolute Gasteiger partial charge is 0.243 e. The molecule has 6 heteroatoms. The van der Waals surface area contributed by atoms with Gasteiger partial charge in [-0.25, -0.2) is 4.98 Å². The van der Waals surface area contributed by atoms with Gasteiger partial charge in [0.25, 0.3) is 0 Å². The van der Waals surface area contributed by atoms with E-state index in [1.54, 1.807) is 35.6 Å². The monoisotopic (exact) mass is 287 g/mol. The van der Waals surface area contributed by atoms with E-state index in [0.717, 1.165) is 11.3 Å². The van der Waals surface area contributed by atoms with Crippen molar-refractivity contribution in [3.8, 4) is 11.3 Å². The Labute approximate surface area is 124 Å². The van der Waals surface area contributed by atoms with Crippen LogP contribution < -0.4 is 11.1 Å². The van der Waals surface area contributed by atoms with Crippen molar-refractivity contribution < 1.29 is 4.79 Å². The quantitative estimate of drug-likeness (QED) is 0.904. The summed E-state index contributed by atoms with van der Waals surface area (Å²) in [6.07, 6.45) is 6.63. The Balaban J connectivity index is 2.33. The van der Waals surface area contributed by atoms with Crippen molar-refractivity contribution in [2.24, 2.45) is 0 Å². The summed E-state index contributed by atoms with van der Waals surface area (Å²) in [6.45, 7) is 7.68. The number of carbonyl (C=O) groups is 1. The number of anilines is 1. The van der Waals surface area contributed by atoms with E-state index in [2.05, 4.69) is 15.3 Å². The standard InChI is InChI=1S/C15H21N5O/c1-10(14(21)19-15(2,3)4)20-9-18-8-13(20)11-7-17-6-5-12(11)16/h5-10H,1-4H3,(H2,16,17)(H,19,21). The molecule has 1 unspecified atom stereocenters. The molecule has 0 bridgehead atoms. The summed E-state index contributed by atoms with van der Waals surface area (Å²) in [5.74, 6) is -0.0655. The number of aromatic nitrogens is 3. The Morgan fingerprint density at radius 1 is 1.33 bits per heavy atom. The number of hydrogen-bond acceptors (Lipinski definition) is 4. The van der Waals surface area contributed by atoms with E-state index in [-0.39, 0.29) is 17.5 Å². The average molecular weight is 287 g/mol. The van der Waals surface area contributed by atoms with Crippen molar-refractivity contribution in [3.05, 3.63) is 31.0 Å². The van der Waals surface area contributed by atoms with E-state index in [9.17, 15) is 4.79 Å². The lowest BCUT2D eigenvalue weighted by atomic mass is 10.1. The highest BCUT2D eigenvalue weighted by Crippen LogP contribution is 2.26. The first-order chi connectivity index (χ1) is 9.79. The molecular weight excluding hydrogens is 266 g/mol. The number of nitrogens with one attached hydrogen (secondary N) is 1. The van der Waals surface area contributed by atoms with Gasteiger partial charge in [0.2, 0.25) is 5.91 Å². The Morgan fingerprint density at radius 3 is 2.67 bits per heavy atom. The SMILES string of the molecule is CC(C(=O)NC(C)(C)C)n1cncc1-c1cnccc1N. The molecule has 0 aliphatic carbocycles. The van der Waals surface area contributed by atoms with E-state index < -0.39 is 0 Å². The molecule has 2 heterocycles. The summed E-state index contributed by atoms with van der Waals surface area (Å²) in [4.78, 5) is 20.5. The van der Waals surface area contributed by atoms with Crippen molar-refractivity contribution in [1.82, 2.24) is 19.9 Å². The van der Waals surface area contributed by atoms with E-state index in [4.69, 9.17) is 5.73 Å². The second kappa shape index (κ2) is 5.55. The minimum absolute atomic E-state index is 0.0655. The fraction of sp³-hybridized carbons (Fsp3) is 0.400. The maximum Gasteiger partial charge on any atom is 0.243 e. The summed E-state index contributed by atoms with van der Waals surface area (Å²) in [5, 5.41) is 2.97. The van der Waals surface area contributed by atoms with Gasteiger partial charge in [0.05, 0.1) is 18.2 Å². The van der Waals surface area contributed by atoms with Crippen LogP contribution in [0, 0.1) is 0 Å². The first kappa shape index (κ1) is 15.0. The van der Waals surface area contributed by atoms with Crippen molar-refractivity contribution in [2.45, 2.75) is 39.3 Å². The predicted molar refractivity (Wildman–Crippen MR) is 82.5 cm³/mol. The van der Waals surface area contributed by atoms with E-state index >= 15 is 0 Å². The number of amides is 1. The van der Waals surface area contributed by atoms with Crippen LogP contribution in [-0.4, -0.2) is 26.0 Å². The first-order valence-electron chi connectivity index (χ1n) is 6.83. The van der Waals surface area contributed by atoms with E-state index in [1.165, 1.54) is 0 Å². The summed E-state index contributed by atoms with van der Waals surface area (Å²) in [7, 11) is 0. The summed E-state index contributed by atoms with van der Waals surface area (Å²) in [6, 6.07) is 1.34. The lowest BCUT2D eigenvalue weighted by Crippen LogP contribution is -2.43. The van der Waals surface area contributed by atoms with Gasteiger partial charge in [-0.05, 0) is 33.8 Å². The zero-order valence-corrected chi connectivity index (χ0v) is 12.8. The van der Waals surface area contributed by atoms with Gasteiger partial charge >= 0.3 is 0 Å². The molecule has 2 rings (SSSR count). The van der Waals surface area contributed by atoms with Crippen LogP contribution in [0.5, 0.6) is 0 Å². The maximum absolute atomic E-state index is 12.3. The molecule has 6 nitrogen and oxygen atoms in total. The lowest BCUT2D eigenvalue weighted by Gasteiger charge is -2.24. The minimum atomic E-state index is -0.388. The van der Waals surface area contributed by atoms with Crippen LogP contribution in [0.25, 0.3) is 11.3 Å². The number of pyridine rings is 1. The Bertz CT molecular complexity index is 642. The largest absolute Gasteiger partial charge is 0.398 e. The van der Waals surface area contributed by atoms with Crippen molar-refractivity contribution in [2.75, 3.05) is 5.73 Å². The molecule has 3 N–H and O–H groups in total. The third-order valence-electron chi connectivity index (χ3n) is 3.09. The fourth-order valence-electron chi connectivity index (χ4n) is 2.04. The number of carbonyl (C=O) groups excluding carboxylic acids is 1. The zero-order chi connectivity index (χ0) is 15.6. The Kier molecular flexibility index (Phi) is 3.97. The van der Waals surface area contributed by atoms with Crippen molar-refractivity contribution >= 4 is 11.6 Å². The Morgan fingerprint density at radius 2 is 2.05 bits per heavy atom. The molecule has 1 atom stereocenters. The second-order valence-electron chi connectivity index (χ2n) is 6.06. The number of nitrogens with two attached hydrogens (primary N) is 1. The topological polar surface area (TPSA) is 85.8 Å². The average Bonchev–Trinajstić information content (AvgIpc) is 2.85. The van der Waals surface area contributed by atoms with Gasteiger partial charge in [-0.2, -0.15) is 0 Å². The van der Waals surface area contributed by atoms with Gasteiger partial charge in [0.1, 0.15) is 6.04 Å². The molecule has 0 radical (unpaired) electrons. The first-order valence-corrected chi connectivity index (χ1v) is 6.83. The minimum Gasteiger partial charge on any atom is -0.398 e. The molecule has 0 aliphatic heterocycles. The summed E-state index contributed by atoms with van der Waals surface area (Å²) in [5.41, 5.74) is 7.85. The number of rotatable bonds is 3. The van der Waals surface area contributed by atoms with Crippen LogP contribution in [0.2, 0.25) is 0 Å². The van der Waals surface area contributed by atoms with Crippen LogP contribution in [-0.2, 0) is 4.79 Å². The summed E-state index contributed by atoms with van der Waals surface area (Å²) >= 11 is 0. The van der Waals surface area contributed by atoms with Gasteiger partial charge in [-0.1, -0.05) is 0 Å². The third kappa shape index (κ3) is 3.39. The van der Waals surface area contributed by atoms with E-state index in [1.807, 2.05) is 27.7 Å². The molecule has 0 fully saturated rings. The molecular formula is C15H21N5O. The molecule has 0 saturated heterocycles. The maximum atomic E-state index is 12.3. The molecule has 0 aliphatic rings. The number of nitrogen functional groups attached to an aromatic ring is 1. The van der Waals surface area contributed by atoms with Gasteiger partial charge in [0.15, 0.2) is 0 Å². The fourth-order valence-corrected chi connectivity index (χ4v) is 2.04. The summed E-state index contributed by atoms with van der Waals surface area (Å²) < 4.78 is 1.80. The van der Waals surface area contributed by atoms with Crippen molar-refractivity contribution in [3.63, 3.8) is 0 Å². The van der Waals surface area contributed by atoms with Crippen LogP contribution >= 0.6 is 0 Å². The van der Waals surface area contributed by atoms with Crippen LogP contribution in [0.3, 0.4) is 0 Å². The zero-order valence-electron chi connectivity index (χ0n) is 12.8. The van der Waals surface area contributed by atoms with Crippen LogP contribution in [0.1, 0.15) is 33.7 Å². The molecule has 2 aromatic heterocycles. The van der Waals surface area contributed by atoms with Gasteiger partial charge in [-0.15, -0.1) is 0 Å². The highest BCUT2D eigenvalue weighted by molar-refractivity contribution is 5.82. The molecule has 2 aromatic rings. The Hall–Kier alpha value is -2.37. The molecule has 0 aromatic carbocycles. The van der Waals surface area contributed by atoms with Gasteiger partial charge < -0.3 is 15.6 Å². The highest BCUT2D eigenvalue weighted by atomic mass is 16.2. The van der Waals surface area contributed by atoms with Gasteiger partial charge in [0, 0.05) is 29.2 Å². The molecule has 1 amide bonds. The number of nitrogens with zero attached hydrogens (tertiary/aromatic N) is 3. The van der Waals surface area contributed by atoms with Crippen LogP contribution in [0.4, 0.5) is 5.69 Å². The highest BCUT2D eigenvalue weighted by Gasteiger charge is 2.22.